The van der Waals surface area contributed by atoms with E-state index in [1.165, 1.54) is 18.2 Å². The van der Waals surface area contributed by atoms with Gasteiger partial charge in [-0.2, -0.15) is 13.2 Å². The Kier molecular flexibility index (Phi) is 8.10. The number of allylic oxidation sites excluding steroid dienone is 10. The fourth-order valence-electron chi connectivity index (χ4n) is 6.33. The van der Waals surface area contributed by atoms with Crippen molar-refractivity contribution < 1.29 is 41.0 Å². The van der Waals surface area contributed by atoms with Crippen molar-refractivity contribution in [2.75, 3.05) is 13.7 Å². The first kappa shape index (κ1) is 30.7. The summed E-state index contributed by atoms with van der Waals surface area (Å²) in [7, 11) is -2.79. The number of halogens is 3. The van der Waals surface area contributed by atoms with Crippen molar-refractivity contribution in [3.05, 3.63) is 95.1 Å². The number of ether oxygens (including phenoxy) is 2. The predicted octanol–water partition coefficient (Wildman–Crippen LogP) is 5.73. The van der Waals surface area contributed by atoms with Crippen molar-refractivity contribution in [3.63, 3.8) is 0 Å². The lowest BCUT2D eigenvalue weighted by Crippen LogP contribution is -2.46. The molecule has 5 rings (SSSR count). The monoisotopic (exact) mass is 618 g/mol. The molecule has 1 saturated carbocycles. The van der Waals surface area contributed by atoms with E-state index in [0.717, 1.165) is 34.0 Å². The summed E-state index contributed by atoms with van der Waals surface area (Å²) in [5, 5.41) is 7.58. The van der Waals surface area contributed by atoms with Gasteiger partial charge in [-0.25, -0.2) is 13.4 Å². The minimum Gasteiger partial charge on any atom is -0.484 e. The molecule has 5 aliphatic rings. The number of aliphatic carboxylic acids is 1. The molecular weight excluding hydrogens is 585 g/mol. The minimum atomic E-state index is -4.70. The number of carbonyl (C=O) groups is 1. The van der Waals surface area contributed by atoms with E-state index >= 15 is 0 Å². The highest BCUT2D eigenvalue weighted by atomic mass is 32.2. The van der Waals surface area contributed by atoms with Gasteiger partial charge in [0.15, 0.2) is 5.90 Å². The van der Waals surface area contributed by atoms with E-state index in [2.05, 4.69) is 18.0 Å². The molecule has 0 amide bonds. The molecule has 43 heavy (non-hydrogen) atoms. The zero-order valence-electron chi connectivity index (χ0n) is 23.9. The number of rotatable bonds is 7. The van der Waals surface area contributed by atoms with Crippen molar-refractivity contribution in [2.45, 2.75) is 50.6 Å². The number of morpholine rings is 1. The summed E-state index contributed by atoms with van der Waals surface area (Å²) in [4.78, 5) is 15.4. The number of methoxy groups -OCH3 is 1. The molecule has 0 radical (unpaired) electrons. The lowest BCUT2D eigenvalue weighted by molar-refractivity contribution is -0.136. The highest BCUT2D eigenvalue weighted by Gasteiger charge is 2.66. The Morgan fingerprint density at radius 3 is 2.72 bits per heavy atom. The Morgan fingerprint density at radius 2 is 2.05 bits per heavy atom. The maximum atomic E-state index is 14.0. The van der Waals surface area contributed by atoms with Gasteiger partial charge in [0, 0.05) is 17.5 Å². The number of aliphatic imine (C=N–C) groups is 1. The summed E-state index contributed by atoms with van der Waals surface area (Å²) in [6, 6.07) is 0. The van der Waals surface area contributed by atoms with Gasteiger partial charge in [0.25, 0.3) is 0 Å². The van der Waals surface area contributed by atoms with Crippen molar-refractivity contribution in [3.8, 4) is 0 Å². The summed E-state index contributed by atoms with van der Waals surface area (Å²) < 4.78 is 81.5. The quantitative estimate of drug-likeness (QED) is 0.365. The fraction of sp³-hybridized carbons (Fsp3) is 0.419. The van der Waals surface area contributed by atoms with E-state index in [1.807, 2.05) is 19.1 Å². The van der Waals surface area contributed by atoms with E-state index in [9.17, 15) is 26.4 Å². The highest BCUT2D eigenvalue weighted by Crippen LogP contribution is 2.67. The molecular formula is C31H33F3N2O6S. The Labute approximate surface area is 248 Å². The molecule has 12 heteroatoms. The van der Waals surface area contributed by atoms with Crippen LogP contribution < -0.4 is 0 Å². The number of fused-ring (bicyclic) bond motifs is 2. The van der Waals surface area contributed by atoms with Crippen LogP contribution in [0.3, 0.4) is 0 Å². The van der Waals surface area contributed by atoms with Crippen LogP contribution in [0, 0.1) is 17.3 Å². The third-order valence-corrected chi connectivity index (χ3v) is 10.5. The van der Waals surface area contributed by atoms with Crippen LogP contribution in [0.4, 0.5) is 13.2 Å². The molecule has 0 spiro atoms. The maximum absolute atomic E-state index is 14.0. The number of carboxylic acid groups (broad SMARTS) is 1. The normalized spacial score (nSPS) is 31.5. The lowest BCUT2D eigenvalue weighted by atomic mass is 9.93. The number of nitrogens with zero attached hydrogens (tertiary/aromatic N) is 2. The summed E-state index contributed by atoms with van der Waals surface area (Å²) in [5.74, 6) is -0.174. The molecule has 3 aliphatic carbocycles. The smallest absolute Gasteiger partial charge is 0.416 e. The highest BCUT2D eigenvalue weighted by molar-refractivity contribution is 7.90. The van der Waals surface area contributed by atoms with Gasteiger partial charge in [-0.1, -0.05) is 49.5 Å². The summed E-state index contributed by atoms with van der Waals surface area (Å²) >= 11 is 0. The maximum Gasteiger partial charge on any atom is 0.416 e. The molecule has 2 fully saturated rings. The van der Waals surface area contributed by atoms with Gasteiger partial charge in [0.1, 0.15) is 17.1 Å². The van der Waals surface area contributed by atoms with E-state index in [-0.39, 0.29) is 48.1 Å². The Morgan fingerprint density at radius 1 is 1.28 bits per heavy atom. The lowest BCUT2D eigenvalue weighted by Gasteiger charge is -2.38. The molecule has 0 aromatic rings. The molecule has 1 saturated heterocycles. The topological polar surface area (TPSA) is 106 Å². The second-order valence-corrected chi connectivity index (χ2v) is 13.2. The summed E-state index contributed by atoms with van der Waals surface area (Å²) in [6.45, 7) is 3.71. The molecule has 2 heterocycles. The average molecular weight is 619 g/mol. The third kappa shape index (κ3) is 5.76. The number of hydrogen-bond donors (Lipinski definition) is 1. The molecule has 5 atom stereocenters. The van der Waals surface area contributed by atoms with Gasteiger partial charge in [-0.15, -0.1) is 0 Å². The van der Waals surface area contributed by atoms with E-state index in [0.29, 0.717) is 5.90 Å². The van der Waals surface area contributed by atoms with Gasteiger partial charge >= 0.3 is 12.1 Å². The van der Waals surface area contributed by atoms with Crippen molar-refractivity contribution in [1.82, 2.24) is 4.31 Å². The molecule has 8 nitrogen and oxygen atoms in total. The first-order valence-electron chi connectivity index (χ1n) is 14.0. The number of hydrogen-bond acceptors (Lipinski definition) is 6. The molecule has 0 aromatic heterocycles. The van der Waals surface area contributed by atoms with Crippen LogP contribution in [0.25, 0.3) is 0 Å². The van der Waals surface area contributed by atoms with Crippen LogP contribution in [-0.4, -0.2) is 60.9 Å². The first-order valence-corrected chi connectivity index (χ1v) is 15.5. The van der Waals surface area contributed by atoms with Gasteiger partial charge < -0.3 is 14.6 Å². The molecule has 0 aromatic carbocycles. The molecule has 4 unspecified atom stereocenters. The van der Waals surface area contributed by atoms with E-state index < -0.39 is 39.1 Å². The molecule has 1 N–H and O–H groups in total. The second-order valence-electron chi connectivity index (χ2n) is 11.1. The Balaban J connectivity index is 1.57. The summed E-state index contributed by atoms with van der Waals surface area (Å²) in [5.41, 5.74) is 0.682. The van der Waals surface area contributed by atoms with Crippen molar-refractivity contribution in [2.24, 2.45) is 22.2 Å². The molecule has 2 aliphatic heterocycles. The summed E-state index contributed by atoms with van der Waals surface area (Å²) in [6.07, 6.45) is 11.5. The van der Waals surface area contributed by atoms with Crippen LogP contribution in [0.5, 0.6) is 0 Å². The van der Waals surface area contributed by atoms with Gasteiger partial charge in [0.2, 0.25) is 10.0 Å². The van der Waals surface area contributed by atoms with Crippen molar-refractivity contribution >= 4 is 21.9 Å². The van der Waals surface area contributed by atoms with Crippen LogP contribution in [0.2, 0.25) is 0 Å². The average Bonchev–Trinajstić information content (AvgIpc) is 3.63. The largest absolute Gasteiger partial charge is 0.484 e. The Bertz CT molecular complexity index is 1580. The third-order valence-electron chi connectivity index (χ3n) is 8.44. The van der Waals surface area contributed by atoms with Crippen molar-refractivity contribution in [1.29, 1.82) is 0 Å². The van der Waals surface area contributed by atoms with Gasteiger partial charge in [-0.05, 0) is 49.1 Å². The zero-order valence-corrected chi connectivity index (χ0v) is 24.7. The number of alkyl halides is 3. The SMILES string of the molecule is CCC12C=CN=C(OC)[C@@H]1C2C1=CC=C2/C(=C/C(C)=C1)OC(/C=C/CC(=O)O)CN2S(=O)(=O)C1C=C(C(F)(F)F)C=CC1. The van der Waals surface area contributed by atoms with E-state index in [1.54, 1.807) is 25.5 Å². The van der Waals surface area contributed by atoms with Crippen LogP contribution in [0.15, 0.2) is 100 Å². The second kappa shape index (κ2) is 11.4. The first-order chi connectivity index (χ1) is 20.3. The zero-order chi connectivity index (χ0) is 31.2. The van der Waals surface area contributed by atoms with Crippen LogP contribution >= 0.6 is 0 Å². The van der Waals surface area contributed by atoms with E-state index in [4.69, 9.17) is 14.6 Å². The number of carboxylic acids is 1. The minimum absolute atomic E-state index is 0.0234. The molecule has 230 valence electrons. The van der Waals surface area contributed by atoms with Gasteiger partial charge in [-0.3, -0.25) is 9.10 Å². The standard InChI is InChI=1S/C31H33F3N2O6S/c1-4-30-13-14-35-29(41-3)28(30)27(30)20-11-12-24-25(16-19(2)15-20)42-22(8-6-10-26(37)38)18-36(24)43(39,40)23-9-5-7-21(17-23)31(32,33)34/h5-8,11-17,22-23,27-28H,4,9-10,18H2,1-3H3,(H,37,38)/b8-6+,12-11?,19-15?,19-16?,20-11?,20-15?,24-12?,25-16-/t22?,23?,27?,28-,30?/m0/s1. The predicted molar refractivity (Wildman–Crippen MR) is 155 cm³/mol. The van der Waals surface area contributed by atoms with Crippen LogP contribution in [0.1, 0.15) is 33.1 Å². The number of sulfonamides is 1. The van der Waals surface area contributed by atoms with Crippen LogP contribution in [-0.2, 0) is 24.3 Å². The fourth-order valence-corrected chi connectivity index (χ4v) is 8.11. The molecule has 0 bridgehead atoms. The Hall–Kier alpha value is -3.80. The van der Waals surface area contributed by atoms with Gasteiger partial charge in [0.05, 0.1) is 37.3 Å².